The van der Waals surface area contributed by atoms with Crippen LogP contribution in [0.15, 0.2) is 42.5 Å². The van der Waals surface area contributed by atoms with Crippen molar-refractivity contribution in [1.29, 1.82) is 0 Å². The van der Waals surface area contributed by atoms with Gasteiger partial charge in [0.2, 0.25) is 0 Å². The van der Waals surface area contributed by atoms with Gasteiger partial charge in [0.25, 0.3) is 0 Å². The van der Waals surface area contributed by atoms with Crippen LogP contribution >= 0.6 is 23.2 Å². The normalized spacial score (nSPS) is 12.2. The minimum absolute atomic E-state index is 0.0993. The molecule has 0 heterocycles. The van der Waals surface area contributed by atoms with E-state index in [1.54, 1.807) is 24.3 Å². The van der Waals surface area contributed by atoms with Crippen molar-refractivity contribution in [1.82, 2.24) is 5.32 Å². The number of likely N-dealkylation sites (N-methyl/N-ethyl adjacent to an activating group) is 1. The summed E-state index contributed by atoms with van der Waals surface area (Å²) in [5.74, 6) is 0.357. The van der Waals surface area contributed by atoms with Gasteiger partial charge >= 0.3 is 0 Å². The summed E-state index contributed by atoms with van der Waals surface area (Å²) in [4.78, 5) is 0. The second kappa shape index (κ2) is 7.64. The lowest BCUT2D eigenvalue weighted by atomic mass is 10.1. The van der Waals surface area contributed by atoms with Crippen molar-refractivity contribution in [3.05, 3.63) is 63.9 Å². The van der Waals surface area contributed by atoms with Crippen molar-refractivity contribution in [3.8, 4) is 5.75 Å². The highest BCUT2D eigenvalue weighted by atomic mass is 35.5. The maximum Gasteiger partial charge on any atom is 0.141 e. The molecular formula is C16H16Cl2FNO. The van der Waals surface area contributed by atoms with Crippen LogP contribution in [0.25, 0.3) is 0 Å². The van der Waals surface area contributed by atoms with Gasteiger partial charge in [-0.1, -0.05) is 29.3 Å². The molecule has 0 saturated carbocycles. The summed E-state index contributed by atoms with van der Waals surface area (Å²) in [7, 11) is 1.86. The number of nitrogens with one attached hydrogen (secondary N) is 1. The molecule has 1 N–H and O–H groups in total. The fourth-order valence-corrected chi connectivity index (χ4v) is 2.25. The molecule has 1 atom stereocenters. The Hall–Kier alpha value is -1.29. The Balaban J connectivity index is 1.93. The van der Waals surface area contributed by atoms with Gasteiger partial charge in [0.1, 0.15) is 18.2 Å². The van der Waals surface area contributed by atoms with Crippen LogP contribution in [0.1, 0.15) is 5.56 Å². The van der Waals surface area contributed by atoms with Gasteiger partial charge < -0.3 is 10.1 Å². The SMILES string of the molecule is CNC(COc1ccc(Cl)cc1)Cc1ccc(F)c(Cl)c1. The first kappa shape index (κ1) is 16.1. The minimum Gasteiger partial charge on any atom is -0.492 e. The first-order valence-corrected chi connectivity index (χ1v) is 7.33. The van der Waals surface area contributed by atoms with E-state index in [-0.39, 0.29) is 11.1 Å². The number of rotatable bonds is 6. The van der Waals surface area contributed by atoms with Gasteiger partial charge in [-0.3, -0.25) is 0 Å². The molecule has 0 aliphatic heterocycles. The van der Waals surface area contributed by atoms with Crippen LogP contribution in [0.2, 0.25) is 10.0 Å². The summed E-state index contributed by atoms with van der Waals surface area (Å²) >= 11 is 11.6. The molecule has 21 heavy (non-hydrogen) atoms. The molecule has 0 spiro atoms. The summed E-state index contributed by atoms with van der Waals surface area (Å²) in [5, 5.41) is 3.99. The van der Waals surface area contributed by atoms with Crippen molar-refractivity contribution in [3.63, 3.8) is 0 Å². The van der Waals surface area contributed by atoms with Crippen LogP contribution in [0.3, 0.4) is 0 Å². The van der Waals surface area contributed by atoms with Crippen LogP contribution in [-0.4, -0.2) is 19.7 Å². The second-order valence-corrected chi connectivity index (χ2v) is 5.55. The molecule has 112 valence electrons. The smallest absolute Gasteiger partial charge is 0.141 e. The van der Waals surface area contributed by atoms with E-state index in [0.29, 0.717) is 18.1 Å². The van der Waals surface area contributed by atoms with Crippen molar-refractivity contribution in [2.45, 2.75) is 12.5 Å². The number of hydrogen-bond acceptors (Lipinski definition) is 2. The highest BCUT2D eigenvalue weighted by molar-refractivity contribution is 6.31. The number of halogens is 3. The predicted molar refractivity (Wildman–Crippen MR) is 84.9 cm³/mol. The molecule has 2 aromatic rings. The first-order chi connectivity index (χ1) is 10.1. The van der Waals surface area contributed by atoms with Gasteiger partial charge in [-0.25, -0.2) is 4.39 Å². The Kier molecular flexibility index (Phi) is 5.85. The molecule has 0 fully saturated rings. The third-order valence-electron chi connectivity index (χ3n) is 3.14. The van der Waals surface area contributed by atoms with Gasteiger partial charge in [-0.05, 0) is 55.4 Å². The molecule has 0 aliphatic carbocycles. The maximum atomic E-state index is 13.1. The minimum atomic E-state index is -0.404. The van der Waals surface area contributed by atoms with E-state index in [4.69, 9.17) is 27.9 Å². The Morgan fingerprint density at radius 1 is 1.14 bits per heavy atom. The molecule has 5 heteroatoms. The topological polar surface area (TPSA) is 21.3 Å². The van der Waals surface area contributed by atoms with Gasteiger partial charge in [0.05, 0.1) is 5.02 Å². The Morgan fingerprint density at radius 3 is 2.48 bits per heavy atom. The first-order valence-electron chi connectivity index (χ1n) is 6.58. The fourth-order valence-electron chi connectivity index (χ4n) is 1.92. The average Bonchev–Trinajstić information content (AvgIpc) is 2.49. The molecule has 0 amide bonds. The van der Waals surface area contributed by atoms with Gasteiger partial charge in [0, 0.05) is 11.1 Å². The molecule has 1 unspecified atom stereocenters. The van der Waals surface area contributed by atoms with Crippen molar-refractivity contribution >= 4 is 23.2 Å². The molecular weight excluding hydrogens is 312 g/mol. The Bertz CT molecular complexity index is 589. The molecule has 2 aromatic carbocycles. The van der Waals surface area contributed by atoms with E-state index >= 15 is 0 Å². The third kappa shape index (κ3) is 4.88. The summed E-state index contributed by atoms with van der Waals surface area (Å²) in [5.41, 5.74) is 0.959. The molecule has 2 rings (SSSR count). The van der Waals surface area contributed by atoms with E-state index in [2.05, 4.69) is 5.32 Å². The van der Waals surface area contributed by atoms with Gasteiger partial charge in [-0.2, -0.15) is 0 Å². The van der Waals surface area contributed by atoms with E-state index in [1.165, 1.54) is 6.07 Å². The lowest BCUT2D eigenvalue weighted by Crippen LogP contribution is -2.33. The quantitative estimate of drug-likeness (QED) is 0.852. The van der Waals surface area contributed by atoms with Gasteiger partial charge in [0.15, 0.2) is 0 Å². The van der Waals surface area contributed by atoms with Crippen LogP contribution in [-0.2, 0) is 6.42 Å². The van der Waals surface area contributed by atoms with E-state index < -0.39 is 5.82 Å². The summed E-state index contributed by atoms with van der Waals surface area (Å²) < 4.78 is 18.8. The van der Waals surface area contributed by atoms with Gasteiger partial charge in [-0.15, -0.1) is 0 Å². The highest BCUT2D eigenvalue weighted by Gasteiger charge is 2.10. The van der Waals surface area contributed by atoms with Crippen molar-refractivity contribution in [2.24, 2.45) is 0 Å². The maximum absolute atomic E-state index is 13.1. The zero-order valence-electron chi connectivity index (χ0n) is 11.6. The third-order valence-corrected chi connectivity index (χ3v) is 3.68. The number of hydrogen-bond donors (Lipinski definition) is 1. The summed E-state index contributed by atoms with van der Waals surface area (Å²) in [6, 6.07) is 12.1. The highest BCUT2D eigenvalue weighted by Crippen LogP contribution is 2.18. The zero-order valence-corrected chi connectivity index (χ0v) is 13.1. The molecule has 0 radical (unpaired) electrons. The lowest BCUT2D eigenvalue weighted by molar-refractivity contribution is 0.270. The fraction of sp³-hybridized carbons (Fsp3) is 0.250. The van der Waals surface area contributed by atoms with Crippen LogP contribution in [0.5, 0.6) is 5.75 Å². The molecule has 0 bridgehead atoms. The molecule has 0 saturated heterocycles. The lowest BCUT2D eigenvalue weighted by Gasteiger charge is -2.17. The zero-order chi connectivity index (χ0) is 15.2. The molecule has 2 nitrogen and oxygen atoms in total. The molecule has 0 aromatic heterocycles. The number of ether oxygens (including phenoxy) is 1. The summed E-state index contributed by atoms with van der Waals surface area (Å²) in [6.07, 6.45) is 0.699. The Morgan fingerprint density at radius 2 is 1.86 bits per heavy atom. The monoisotopic (exact) mass is 327 g/mol. The van der Waals surface area contributed by atoms with E-state index in [9.17, 15) is 4.39 Å². The van der Waals surface area contributed by atoms with Crippen LogP contribution in [0.4, 0.5) is 4.39 Å². The predicted octanol–water partition coefficient (Wildman–Crippen LogP) is 4.34. The second-order valence-electron chi connectivity index (χ2n) is 4.70. The summed E-state index contributed by atoms with van der Waals surface area (Å²) in [6.45, 7) is 0.493. The van der Waals surface area contributed by atoms with Crippen LogP contribution in [0, 0.1) is 5.82 Å². The molecule has 0 aliphatic rings. The Labute approximate surface area is 133 Å². The van der Waals surface area contributed by atoms with Crippen LogP contribution < -0.4 is 10.1 Å². The van der Waals surface area contributed by atoms with E-state index in [1.807, 2.05) is 19.2 Å². The van der Waals surface area contributed by atoms with Crippen molar-refractivity contribution < 1.29 is 9.13 Å². The average molecular weight is 328 g/mol. The van der Waals surface area contributed by atoms with Crippen molar-refractivity contribution in [2.75, 3.05) is 13.7 Å². The standard InChI is InChI=1S/C16H16Cl2FNO/c1-20-13(8-11-2-7-16(19)15(18)9-11)10-21-14-5-3-12(17)4-6-14/h2-7,9,13,20H,8,10H2,1H3. The van der Waals surface area contributed by atoms with E-state index in [0.717, 1.165) is 11.3 Å². The largest absolute Gasteiger partial charge is 0.492 e. The number of benzene rings is 2.